The Labute approximate surface area is 157 Å². The van der Waals surface area contributed by atoms with Crippen molar-refractivity contribution in [2.24, 2.45) is 0 Å². The predicted octanol–water partition coefficient (Wildman–Crippen LogP) is 5.40. The largest absolute Gasteiger partial charge is 0.464 e. The van der Waals surface area contributed by atoms with Gasteiger partial charge < -0.3 is 4.74 Å². The molecule has 0 aliphatic rings. The van der Waals surface area contributed by atoms with Gasteiger partial charge in [0, 0.05) is 21.3 Å². The molecule has 0 unspecified atom stereocenters. The normalized spacial score (nSPS) is 10.7. The van der Waals surface area contributed by atoms with Gasteiger partial charge in [0.2, 0.25) is 0 Å². The highest BCUT2D eigenvalue weighted by molar-refractivity contribution is 9.10. The second-order valence-electron chi connectivity index (χ2n) is 4.91. The molecule has 1 heterocycles. The number of esters is 1. The van der Waals surface area contributed by atoms with Crippen LogP contribution in [0.2, 0.25) is 10.0 Å². The van der Waals surface area contributed by atoms with E-state index in [1.807, 2.05) is 24.3 Å². The third-order valence-corrected chi connectivity index (χ3v) is 4.44. The summed E-state index contributed by atoms with van der Waals surface area (Å²) in [6.07, 6.45) is 1.60. The number of ether oxygens (including phenoxy) is 1. The minimum Gasteiger partial charge on any atom is -0.464 e. The summed E-state index contributed by atoms with van der Waals surface area (Å²) in [6.45, 7) is 0. The van der Waals surface area contributed by atoms with E-state index >= 15 is 0 Å². The van der Waals surface area contributed by atoms with Crippen LogP contribution in [0.15, 0.2) is 53.1 Å². The third-order valence-electron chi connectivity index (χ3n) is 3.37. The molecule has 0 saturated carbocycles. The summed E-state index contributed by atoms with van der Waals surface area (Å²) in [5, 5.41) is 0.983. The van der Waals surface area contributed by atoms with Gasteiger partial charge in [0.25, 0.3) is 0 Å². The van der Waals surface area contributed by atoms with E-state index in [1.54, 1.807) is 29.0 Å². The molecule has 7 heteroatoms. The van der Waals surface area contributed by atoms with Crippen LogP contribution in [0.5, 0.6) is 0 Å². The second-order valence-corrected chi connectivity index (χ2v) is 6.67. The molecular weight excluding hydrogens is 415 g/mol. The molecule has 0 aliphatic heterocycles. The van der Waals surface area contributed by atoms with E-state index < -0.39 is 5.97 Å². The summed E-state index contributed by atoms with van der Waals surface area (Å²) in [5.74, 6) is 0.0596. The zero-order valence-corrected chi connectivity index (χ0v) is 15.6. The van der Waals surface area contributed by atoms with E-state index in [-0.39, 0.29) is 5.69 Å². The van der Waals surface area contributed by atoms with Crippen LogP contribution in [0, 0.1) is 0 Å². The van der Waals surface area contributed by atoms with E-state index in [4.69, 9.17) is 27.9 Å². The molecule has 4 nitrogen and oxygen atoms in total. The minimum absolute atomic E-state index is 0.196. The summed E-state index contributed by atoms with van der Waals surface area (Å²) in [4.78, 5) is 16.3. The SMILES string of the molecule is COC(=O)c1cn(-c2ccc(Cl)cc2Cl)c(-c2ccc(Br)cc2)n1. The highest BCUT2D eigenvalue weighted by Crippen LogP contribution is 2.30. The molecule has 1 aromatic heterocycles. The highest BCUT2D eigenvalue weighted by atomic mass is 79.9. The number of nitrogens with zero attached hydrogens (tertiary/aromatic N) is 2. The van der Waals surface area contributed by atoms with Gasteiger partial charge in [-0.25, -0.2) is 9.78 Å². The molecule has 3 rings (SSSR count). The average molecular weight is 426 g/mol. The van der Waals surface area contributed by atoms with Crippen LogP contribution in [-0.2, 0) is 4.74 Å². The molecule has 0 fully saturated rings. The Balaban J connectivity index is 2.21. The lowest BCUT2D eigenvalue weighted by Crippen LogP contribution is -2.01. The Hall–Kier alpha value is -1.82. The number of methoxy groups -OCH3 is 1. The first-order valence-electron chi connectivity index (χ1n) is 6.88. The van der Waals surface area contributed by atoms with Crippen LogP contribution in [0.25, 0.3) is 17.1 Å². The topological polar surface area (TPSA) is 44.1 Å². The van der Waals surface area contributed by atoms with Gasteiger partial charge in [0.15, 0.2) is 5.69 Å². The molecule has 0 saturated heterocycles. The van der Waals surface area contributed by atoms with E-state index in [2.05, 4.69) is 20.9 Å². The van der Waals surface area contributed by atoms with Crippen molar-refractivity contribution in [3.63, 3.8) is 0 Å². The van der Waals surface area contributed by atoms with Crippen LogP contribution in [0.1, 0.15) is 10.5 Å². The summed E-state index contributed by atoms with van der Waals surface area (Å²) >= 11 is 15.7. The number of aromatic nitrogens is 2. The maximum atomic E-state index is 11.9. The zero-order chi connectivity index (χ0) is 17.3. The lowest BCUT2D eigenvalue weighted by Gasteiger charge is -2.10. The van der Waals surface area contributed by atoms with Crippen LogP contribution in [0.4, 0.5) is 0 Å². The van der Waals surface area contributed by atoms with Crippen LogP contribution in [-0.4, -0.2) is 22.6 Å². The molecule has 0 spiro atoms. The van der Waals surface area contributed by atoms with Gasteiger partial charge in [-0.3, -0.25) is 4.57 Å². The van der Waals surface area contributed by atoms with Gasteiger partial charge in [-0.2, -0.15) is 0 Å². The van der Waals surface area contributed by atoms with E-state index in [9.17, 15) is 4.79 Å². The van der Waals surface area contributed by atoms with Crippen molar-refractivity contribution in [3.05, 3.63) is 68.9 Å². The fraction of sp³-hybridized carbons (Fsp3) is 0.0588. The molecule has 0 radical (unpaired) electrons. The number of carbonyl (C=O) groups excluding carboxylic acids is 1. The van der Waals surface area contributed by atoms with E-state index in [0.29, 0.717) is 21.6 Å². The van der Waals surface area contributed by atoms with Gasteiger partial charge in [-0.15, -0.1) is 0 Å². The van der Waals surface area contributed by atoms with Crippen LogP contribution in [0.3, 0.4) is 0 Å². The molecule has 24 heavy (non-hydrogen) atoms. The first-order valence-corrected chi connectivity index (χ1v) is 8.43. The second kappa shape index (κ2) is 6.97. The number of hydrogen-bond donors (Lipinski definition) is 0. The number of carbonyl (C=O) groups is 1. The molecule has 0 amide bonds. The maximum absolute atomic E-state index is 11.9. The van der Waals surface area contributed by atoms with Crippen molar-refractivity contribution in [2.45, 2.75) is 0 Å². The number of halogens is 3. The number of imidazole rings is 1. The molecule has 3 aromatic rings. The molecule has 0 N–H and O–H groups in total. The van der Waals surface area contributed by atoms with Crippen molar-refractivity contribution in [2.75, 3.05) is 7.11 Å². The van der Waals surface area contributed by atoms with Crippen molar-refractivity contribution in [1.82, 2.24) is 9.55 Å². The van der Waals surface area contributed by atoms with Crippen molar-refractivity contribution >= 4 is 45.1 Å². The summed E-state index contributed by atoms with van der Waals surface area (Å²) in [6, 6.07) is 12.7. The molecule has 0 atom stereocenters. The highest BCUT2D eigenvalue weighted by Gasteiger charge is 2.18. The van der Waals surface area contributed by atoms with Gasteiger partial charge in [0.05, 0.1) is 17.8 Å². The lowest BCUT2D eigenvalue weighted by molar-refractivity contribution is 0.0594. The van der Waals surface area contributed by atoms with Gasteiger partial charge in [0.1, 0.15) is 5.82 Å². The first kappa shape index (κ1) is 17.0. The lowest BCUT2D eigenvalue weighted by atomic mass is 10.2. The third kappa shape index (κ3) is 3.34. The molecule has 0 bridgehead atoms. The molecular formula is C17H11BrCl2N2O2. The minimum atomic E-state index is -0.516. The predicted molar refractivity (Wildman–Crippen MR) is 98.1 cm³/mol. The summed E-state index contributed by atoms with van der Waals surface area (Å²) in [7, 11) is 1.32. The van der Waals surface area contributed by atoms with Crippen LogP contribution < -0.4 is 0 Å². The number of hydrogen-bond acceptors (Lipinski definition) is 3. The van der Waals surface area contributed by atoms with Gasteiger partial charge in [-0.1, -0.05) is 51.3 Å². The van der Waals surface area contributed by atoms with Crippen molar-refractivity contribution in [3.8, 4) is 17.1 Å². The number of rotatable bonds is 3. The fourth-order valence-corrected chi connectivity index (χ4v) is 3.01. The summed E-state index contributed by atoms with van der Waals surface area (Å²) in [5.41, 5.74) is 1.70. The smallest absolute Gasteiger partial charge is 0.358 e. The Morgan fingerprint density at radius 3 is 2.50 bits per heavy atom. The van der Waals surface area contributed by atoms with Gasteiger partial charge in [-0.05, 0) is 30.3 Å². The van der Waals surface area contributed by atoms with Gasteiger partial charge >= 0.3 is 5.97 Å². The van der Waals surface area contributed by atoms with Crippen LogP contribution >= 0.6 is 39.1 Å². The van der Waals surface area contributed by atoms with Crippen molar-refractivity contribution in [1.29, 1.82) is 0 Å². The molecule has 122 valence electrons. The molecule has 0 aliphatic carbocycles. The first-order chi connectivity index (χ1) is 11.5. The summed E-state index contributed by atoms with van der Waals surface area (Å²) < 4.78 is 7.46. The number of benzene rings is 2. The van der Waals surface area contributed by atoms with Crippen molar-refractivity contribution < 1.29 is 9.53 Å². The Bertz CT molecular complexity index is 907. The standard InChI is InChI=1S/C17H11BrCl2N2O2/c1-24-17(23)14-9-22(15-7-6-12(19)8-13(15)20)16(21-14)10-2-4-11(18)5-3-10/h2-9H,1H3. The van der Waals surface area contributed by atoms with E-state index in [0.717, 1.165) is 10.0 Å². The maximum Gasteiger partial charge on any atom is 0.358 e. The quantitative estimate of drug-likeness (QED) is 0.528. The monoisotopic (exact) mass is 424 g/mol. The Morgan fingerprint density at radius 1 is 1.17 bits per heavy atom. The zero-order valence-electron chi connectivity index (χ0n) is 12.5. The van der Waals surface area contributed by atoms with E-state index in [1.165, 1.54) is 7.11 Å². The average Bonchev–Trinajstić information content (AvgIpc) is 3.00. The Morgan fingerprint density at radius 2 is 1.88 bits per heavy atom. The molecule has 2 aromatic carbocycles. The fourth-order valence-electron chi connectivity index (χ4n) is 2.25. The Kier molecular flexibility index (Phi) is 4.94.